The average molecular weight is 240 g/mol. The standard InChI is InChI=1S/C10H7F3N4/c11-10(12,13)7-2-1-3-8(4-7)17-9-15-5-14-6-16-9/h1-6H,(H,14,15,16,17). The summed E-state index contributed by atoms with van der Waals surface area (Å²) in [5, 5.41) is 2.65. The van der Waals surface area contributed by atoms with E-state index in [1.54, 1.807) is 0 Å². The van der Waals surface area contributed by atoms with Crippen LogP contribution in [0.1, 0.15) is 5.56 Å². The van der Waals surface area contributed by atoms with Gasteiger partial charge in [0.1, 0.15) is 12.7 Å². The van der Waals surface area contributed by atoms with Crippen molar-refractivity contribution in [1.29, 1.82) is 0 Å². The second-order valence-electron chi connectivity index (χ2n) is 3.17. The third kappa shape index (κ3) is 2.90. The topological polar surface area (TPSA) is 50.7 Å². The molecule has 2 rings (SSSR count). The number of aromatic nitrogens is 3. The van der Waals surface area contributed by atoms with Crippen molar-refractivity contribution in [2.75, 3.05) is 5.32 Å². The number of halogens is 3. The van der Waals surface area contributed by atoms with Crippen molar-refractivity contribution in [3.05, 3.63) is 42.5 Å². The summed E-state index contributed by atoms with van der Waals surface area (Å²) in [7, 11) is 0. The molecule has 0 radical (unpaired) electrons. The van der Waals surface area contributed by atoms with Crippen molar-refractivity contribution in [1.82, 2.24) is 15.0 Å². The molecule has 0 unspecified atom stereocenters. The van der Waals surface area contributed by atoms with Gasteiger partial charge in [-0.2, -0.15) is 13.2 Å². The van der Waals surface area contributed by atoms with Crippen molar-refractivity contribution < 1.29 is 13.2 Å². The lowest BCUT2D eigenvalue weighted by Gasteiger charge is -2.09. The molecule has 0 saturated carbocycles. The van der Waals surface area contributed by atoms with E-state index in [2.05, 4.69) is 20.3 Å². The highest BCUT2D eigenvalue weighted by atomic mass is 19.4. The van der Waals surface area contributed by atoms with E-state index in [4.69, 9.17) is 0 Å². The van der Waals surface area contributed by atoms with Crippen LogP contribution in [0.25, 0.3) is 0 Å². The van der Waals surface area contributed by atoms with E-state index >= 15 is 0 Å². The Morgan fingerprint density at radius 2 is 1.76 bits per heavy atom. The zero-order valence-electron chi connectivity index (χ0n) is 8.44. The molecule has 0 bridgehead atoms. The molecule has 2 aromatic rings. The molecule has 0 amide bonds. The number of anilines is 2. The van der Waals surface area contributed by atoms with E-state index in [1.807, 2.05) is 0 Å². The van der Waals surface area contributed by atoms with Crippen molar-refractivity contribution in [3.8, 4) is 0 Å². The Bertz CT molecular complexity index is 498. The van der Waals surface area contributed by atoms with Gasteiger partial charge in [-0.05, 0) is 18.2 Å². The third-order valence-electron chi connectivity index (χ3n) is 1.94. The first-order valence-corrected chi connectivity index (χ1v) is 4.62. The van der Waals surface area contributed by atoms with Crippen LogP contribution in [0.3, 0.4) is 0 Å². The minimum atomic E-state index is -4.36. The van der Waals surface area contributed by atoms with Crippen molar-refractivity contribution in [2.45, 2.75) is 6.18 Å². The monoisotopic (exact) mass is 240 g/mol. The molecule has 1 aromatic carbocycles. The largest absolute Gasteiger partial charge is 0.416 e. The quantitative estimate of drug-likeness (QED) is 0.876. The van der Waals surface area contributed by atoms with Crippen molar-refractivity contribution in [2.24, 2.45) is 0 Å². The first-order chi connectivity index (χ1) is 8.05. The van der Waals surface area contributed by atoms with Crippen molar-refractivity contribution >= 4 is 11.6 Å². The Hall–Kier alpha value is -2.18. The molecule has 17 heavy (non-hydrogen) atoms. The zero-order chi connectivity index (χ0) is 12.3. The maximum Gasteiger partial charge on any atom is 0.416 e. The number of hydrogen-bond donors (Lipinski definition) is 1. The van der Waals surface area contributed by atoms with Crippen LogP contribution in [0.4, 0.5) is 24.8 Å². The number of nitrogens with one attached hydrogen (secondary N) is 1. The Morgan fingerprint density at radius 3 is 2.41 bits per heavy atom. The fraction of sp³-hybridized carbons (Fsp3) is 0.100. The fourth-order valence-electron chi connectivity index (χ4n) is 1.21. The molecule has 4 nitrogen and oxygen atoms in total. The number of rotatable bonds is 2. The van der Waals surface area contributed by atoms with E-state index < -0.39 is 11.7 Å². The van der Waals surface area contributed by atoms with Gasteiger partial charge in [0.05, 0.1) is 5.56 Å². The summed E-state index contributed by atoms with van der Waals surface area (Å²) >= 11 is 0. The number of nitrogens with zero attached hydrogens (tertiary/aromatic N) is 3. The molecule has 0 spiro atoms. The predicted octanol–water partition coefficient (Wildman–Crippen LogP) is 2.63. The Kier molecular flexibility index (Phi) is 2.90. The van der Waals surface area contributed by atoms with Gasteiger partial charge in [0.15, 0.2) is 0 Å². The van der Waals surface area contributed by atoms with Gasteiger partial charge in [-0.1, -0.05) is 6.07 Å². The molecule has 1 N–H and O–H groups in total. The van der Waals surface area contributed by atoms with Crippen LogP contribution in [-0.4, -0.2) is 15.0 Å². The molecule has 0 aliphatic heterocycles. The first kappa shape index (κ1) is 11.3. The minimum Gasteiger partial charge on any atom is -0.324 e. The lowest BCUT2D eigenvalue weighted by molar-refractivity contribution is -0.137. The highest BCUT2D eigenvalue weighted by Gasteiger charge is 2.30. The second kappa shape index (κ2) is 4.36. The Morgan fingerprint density at radius 1 is 1.06 bits per heavy atom. The molecule has 7 heteroatoms. The van der Waals surface area contributed by atoms with Crippen LogP contribution in [0, 0.1) is 0 Å². The van der Waals surface area contributed by atoms with E-state index in [0.29, 0.717) is 0 Å². The predicted molar refractivity (Wildman–Crippen MR) is 54.6 cm³/mol. The molecule has 0 aliphatic carbocycles. The Balaban J connectivity index is 2.23. The first-order valence-electron chi connectivity index (χ1n) is 4.62. The third-order valence-corrected chi connectivity index (χ3v) is 1.94. The van der Waals surface area contributed by atoms with Crippen LogP contribution >= 0.6 is 0 Å². The fourth-order valence-corrected chi connectivity index (χ4v) is 1.21. The smallest absolute Gasteiger partial charge is 0.324 e. The lowest BCUT2D eigenvalue weighted by Crippen LogP contribution is -2.05. The van der Waals surface area contributed by atoms with E-state index in [0.717, 1.165) is 12.1 Å². The summed E-state index contributed by atoms with van der Waals surface area (Å²) in [5.41, 5.74) is -0.456. The molecule has 0 saturated heterocycles. The summed E-state index contributed by atoms with van der Waals surface area (Å²) < 4.78 is 37.3. The van der Waals surface area contributed by atoms with Crippen LogP contribution < -0.4 is 5.32 Å². The van der Waals surface area contributed by atoms with Gasteiger partial charge >= 0.3 is 6.18 Å². The van der Waals surface area contributed by atoms with Crippen molar-refractivity contribution in [3.63, 3.8) is 0 Å². The van der Waals surface area contributed by atoms with Gasteiger partial charge in [-0.25, -0.2) is 15.0 Å². The average Bonchev–Trinajstić information content (AvgIpc) is 2.29. The summed E-state index contributed by atoms with van der Waals surface area (Å²) in [6.07, 6.45) is -1.86. The van der Waals surface area contributed by atoms with E-state index in [-0.39, 0.29) is 11.6 Å². The molecule has 0 atom stereocenters. The van der Waals surface area contributed by atoms with Crippen LogP contribution in [-0.2, 0) is 6.18 Å². The molecular formula is C10H7F3N4. The van der Waals surface area contributed by atoms with Crippen LogP contribution in [0.2, 0.25) is 0 Å². The maximum absolute atomic E-state index is 12.4. The molecule has 1 aromatic heterocycles. The summed E-state index contributed by atoms with van der Waals surface area (Å²) in [5.74, 6) is 0.194. The SMILES string of the molecule is FC(F)(F)c1cccc(Nc2ncncn2)c1. The van der Waals surface area contributed by atoms with Gasteiger partial charge in [-0.15, -0.1) is 0 Å². The van der Waals surface area contributed by atoms with Gasteiger partial charge in [0.2, 0.25) is 5.95 Å². The molecule has 0 aliphatic rings. The summed E-state index contributed by atoms with van der Waals surface area (Å²) in [6, 6.07) is 4.80. The normalized spacial score (nSPS) is 11.2. The van der Waals surface area contributed by atoms with Gasteiger partial charge in [0, 0.05) is 5.69 Å². The van der Waals surface area contributed by atoms with Gasteiger partial charge in [0.25, 0.3) is 0 Å². The van der Waals surface area contributed by atoms with Gasteiger partial charge in [-0.3, -0.25) is 0 Å². The molecule has 88 valence electrons. The number of hydrogen-bond acceptors (Lipinski definition) is 4. The van der Waals surface area contributed by atoms with Crippen LogP contribution in [0.5, 0.6) is 0 Å². The van der Waals surface area contributed by atoms with Gasteiger partial charge < -0.3 is 5.32 Å². The number of benzene rings is 1. The highest BCUT2D eigenvalue weighted by Crippen LogP contribution is 2.30. The highest BCUT2D eigenvalue weighted by molar-refractivity contribution is 5.54. The number of alkyl halides is 3. The van der Waals surface area contributed by atoms with E-state index in [9.17, 15) is 13.2 Å². The van der Waals surface area contributed by atoms with E-state index in [1.165, 1.54) is 24.8 Å². The molecular weight excluding hydrogens is 233 g/mol. The zero-order valence-corrected chi connectivity index (χ0v) is 8.44. The molecule has 0 fully saturated rings. The molecule has 1 heterocycles. The Labute approximate surface area is 94.6 Å². The van der Waals surface area contributed by atoms with Crippen LogP contribution in [0.15, 0.2) is 36.9 Å². The second-order valence-corrected chi connectivity index (χ2v) is 3.17. The maximum atomic E-state index is 12.4. The summed E-state index contributed by atoms with van der Waals surface area (Å²) in [6.45, 7) is 0. The minimum absolute atomic E-state index is 0.194. The summed E-state index contributed by atoms with van der Waals surface area (Å²) in [4.78, 5) is 11.1. The lowest BCUT2D eigenvalue weighted by atomic mass is 10.2.